The highest BCUT2D eigenvalue weighted by Gasteiger charge is 2.24. The predicted octanol–water partition coefficient (Wildman–Crippen LogP) is 1.90. The maximum absolute atomic E-state index is 5.72. The fraction of sp³-hybridized carbons (Fsp3) is 0.692. The normalized spacial score (nSPS) is 30.1. The highest BCUT2D eigenvalue weighted by atomic mass is 16.5. The van der Waals surface area contributed by atoms with Crippen LogP contribution in [-0.2, 0) is 4.74 Å². The van der Waals surface area contributed by atoms with E-state index in [1.54, 1.807) is 6.08 Å². The van der Waals surface area contributed by atoms with Crippen LogP contribution >= 0.6 is 0 Å². The van der Waals surface area contributed by atoms with E-state index in [1.165, 1.54) is 0 Å². The van der Waals surface area contributed by atoms with Gasteiger partial charge in [0, 0.05) is 24.8 Å². The highest BCUT2D eigenvalue weighted by molar-refractivity contribution is 5.11. The van der Waals surface area contributed by atoms with Gasteiger partial charge in [-0.15, -0.1) is 0 Å². The van der Waals surface area contributed by atoms with Crippen LogP contribution in [0.1, 0.15) is 27.2 Å². The molecular weight excluding hydrogens is 200 g/mol. The van der Waals surface area contributed by atoms with Gasteiger partial charge < -0.3 is 10.5 Å². The molecular formula is C13H24N2O. The second kappa shape index (κ2) is 6.06. The van der Waals surface area contributed by atoms with Crippen molar-refractivity contribution >= 4 is 0 Å². The van der Waals surface area contributed by atoms with Crippen molar-refractivity contribution in [3.8, 4) is 0 Å². The second-order valence-corrected chi connectivity index (χ2v) is 4.70. The SMILES string of the molecule is C=C/C(N)=C\CC(C)N1CC(C)OC(C)C1. The van der Waals surface area contributed by atoms with E-state index in [9.17, 15) is 0 Å². The summed E-state index contributed by atoms with van der Waals surface area (Å²) >= 11 is 0. The molecule has 1 aliphatic rings. The Labute approximate surface area is 98.9 Å². The van der Waals surface area contributed by atoms with Gasteiger partial charge in [0.15, 0.2) is 0 Å². The van der Waals surface area contributed by atoms with Crippen LogP contribution in [0.4, 0.5) is 0 Å². The molecule has 16 heavy (non-hydrogen) atoms. The van der Waals surface area contributed by atoms with Crippen molar-refractivity contribution in [3.05, 3.63) is 24.4 Å². The second-order valence-electron chi connectivity index (χ2n) is 4.70. The molecule has 3 nitrogen and oxygen atoms in total. The van der Waals surface area contributed by atoms with Crippen LogP contribution in [0.3, 0.4) is 0 Å². The summed E-state index contributed by atoms with van der Waals surface area (Å²) in [5.74, 6) is 0. The molecule has 1 aliphatic heterocycles. The minimum Gasteiger partial charge on any atom is -0.399 e. The zero-order valence-electron chi connectivity index (χ0n) is 10.6. The Balaban J connectivity index is 2.46. The molecule has 1 fully saturated rings. The van der Waals surface area contributed by atoms with E-state index in [4.69, 9.17) is 10.5 Å². The number of rotatable bonds is 4. The van der Waals surface area contributed by atoms with Crippen molar-refractivity contribution in [3.63, 3.8) is 0 Å². The van der Waals surface area contributed by atoms with Crippen molar-refractivity contribution in [2.45, 2.75) is 45.4 Å². The number of morpholine rings is 1. The molecule has 0 aliphatic carbocycles. The molecule has 3 heteroatoms. The van der Waals surface area contributed by atoms with Crippen LogP contribution in [0.15, 0.2) is 24.4 Å². The van der Waals surface area contributed by atoms with E-state index in [0.29, 0.717) is 18.2 Å². The summed E-state index contributed by atoms with van der Waals surface area (Å²) in [6.45, 7) is 12.2. The molecule has 0 aromatic rings. The van der Waals surface area contributed by atoms with Crippen LogP contribution in [0.5, 0.6) is 0 Å². The van der Waals surface area contributed by atoms with Gasteiger partial charge in [-0.2, -0.15) is 0 Å². The molecule has 0 radical (unpaired) electrons. The topological polar surface area (TPSA) is 38.5 Å². The Morgan fingerprint density at radius 3 is 2.56 bits per heavy atom. The average molecular weight is 224 g/mol. The third kappa shape index (κ3) is 3.99. The summed E-state index contributed by atoms with van der Waals surface area (Å²) < 4.78 is 5.72. The third-order valence-electron chi connectivity index (χ3n) is 3.00. The Bertz CT molecular complexity index is 253. The van der Waals surface area contributed by atoms with Crippen LogP contribution in [0.2, 0.25) is 0 Å². The lowest BCUT2D eigenvalue weighted by Gasteiger charge is -2.38. The molecule has 0 saturated carbocycles. The molecule has 1 saturated heterocycles. The van der Waals surface area contributed by atoms with Crippen LogP contribution in [0.25, 0.3) is 0 Å². The summed E-state index contributed by atoms with van der Waals surface area (Å²) in [6, 6.07) is 0.507. The van der Waals surface area contributed by atoms with Crippen molar-refractivity contribution in [1.29, 1.82) is 0 Å². The summed E-state index contributed by atoms with van der Waals surface area (Å²) in [7, 11) is 0. The average Bonchev–Trinajstić information content (AvgIpc) is 2.23. The smallest absolute Gasteiger partial charge is 0.0678 e. The van der Waals surface area contributed by atoms with Gasteiger partial charge in [0.2, 0.25) is 0 Å². The fourth-order valence-corrected chi connectivity index (χ4v) is 2.12. The quantitative estimate of drug-likeness (QED) is 0.741. The number of allylic oxidation sites excluding steroid dienone is 1. The van der Waals surface area contributed by atoms with Gasteiger partial charge in [-0.3, -0.25) is 4.90 Å². The lowest BCUT2D eigenvalue weighted by atomic mass is 10.1. The molecule has 92 valence electrons. The zero-order chi connectivity index (χ0) is 12.1. The Morgan fingerprint density at radius 2 is 2.06 bits per heavy atom. The van der Waals surface area contributed by atoms with Gasteiger partial charge in [0.05, 0.1) is 12.2 Å². The minimum atomic E-state index is 0.326. The van der Waals surface area contributed by atoms with E-state index in [2.05, 4.69) is 32.3 Å². The molecule has 2 N–H and O–H groups in total. The predicted molar refractivity (Wildman–Crippen MR) is 68.1 cm³/mol. The zero-order valence-corrected chi connectivity index (χ0v) is 10.6. The summed E-state index contributed by atoms with van der Waals surface area (Å²) in [6.07, 6.45) is 5.36. The van der Waals surface area contributed by atoms with Crippen LogP contribution < -0.4 is 5.73 Å². The summed E-state index contributed by atoms with van der Waals surface area (Å²) in [4.78, 5) is 2.46. The number of hydrogen-bond acceptors (Lipinski definition) is 3. The number of hydrogen-bond donors (Lipinski definition) is 1. The van der Waals surface area contributed by atoms with E-state index in [1.807, 2.05) is 6.08 Å². The van der Waals surface area contributed by atoms with E-state index < -0.39 is 0 Å². The van der Waals surface area contributed by atoms with E-state index in [0.717, 1.165) is 25.2 Å². The highest BCUT2D eigenvalue weighted by Crippen LogP contribution is 2.15. The largest absolute Gasteiger partial charge is 0.399 e. The van der Waals surface area contributed by atoms with Crippen molar-refractivity contribution in [1.82, 2.24) is 4.90 Å². The van der Waals surface area contributed by atoms with Gasteiger partial charge >= 0.3 is 0 Å². The first-order valence-corrected chi connectivity index (χ1v) is 6.00. The Morgan fingerprint density at radius 1 is 1.50 bits per heavy atom. The lowest BCUT2D eigenvalue weighted by Crippen LogP contribution is -2.49. The van der Waals surface area contributed by atoms with Crippen molar-refractivity contribution in [2.24, 2.45) is 5.73 Å². The van der Waals surface area contributed by atoms with Crippen molar-refractivity contribution in [2.75, 3.05) is 13.1 Å². The van der Waals surface area contributed by atoms with Gasteiger partial charge in [-0.05, 0) is 33.3 Å². The summed E-state index contributed by atoms with van der Waals surface area (Å²) in [5, 5.41) is 0. The minimum absolute atomic E-state index is 0.326. The molecule has 1 heterocycles. The molecule has 0 bridgehead atoms. The number of nitrogens with two attached hydrogens (primary N) is 1. The molecule has 0 aromatic carbocycles. The van der Waals surface area contributed by atoms with Crippen LogP contribution in [-0.4, -0.2) is 36.2 Å². The first-order chi connectivity index (χ1) is 7.52. The molecule has 3 atom stereocenters. The fourth-order valence-electron chi connectivity index (χ4n) is 2.12. The lowest BCUT2D eigenvalue weighted by molar-refractivity contribution is -0.0780. The molecule has 0 amide bonds. The van der Waals surface area contributed by atoms with Crippen molar-refractivity contribution < 1.29 is 4.74 Å². The maximum atomic E-state index is 5.72. The standard InChI is InChI=1S/C13H24N2O/c1-5-13(14)7-6-10(2)15-8-11(3)16-12(4)9-15/h5,7,10-12H,1,6,8-9,14H2,2-4H3/b13-7+. The van der Waals surface area contributed by atoms with E-state index in [-0.39, 0.29) is 0 Å². The number of ether oxygens (including phenoxy) is 1. The molecule has 0 aromatic heterocycles. The van der Waals surface area contributed by atoms with Gasteiger partial charge in [-0.25, -0.2) is 0 Å². The van der Waals surface area contributed by atoms with Gasteiger partial charge in [0.1, 0.15) is 0 Å². The van der Waals surface area contributed by atoms with E-state index >= 15 is 0 Å². The third-order valence-corrected chi connectivity index (χ3v) is 3.00. The molecule has 1 rings (SSSR count). The monoisotopic (exact) mass is 224 g/mol. The van der Waals surface area contributed by atoms with Gasteiger partial charge in [0.25, 0.3) is 0 Å². The molecule has 0 spiro atoms. The van der Waals surface area contributed by atoms with Gasteiger partial charge in [-0.1, -0.05) is 12.7 Å². The first-order valence-electron chi connectivity index (χ1n) is 6.00. The Hall–Kier alpha value is -0.800. The summed E-state index contributed by atoms with van der Waals surface area (Å²) in [5.41, 5.74) is 6.47. The first kappa shape index (κ1) is 13.3. The maximum Gasteiger partial charge on any atom is 0.0678 e. The Kier molecular flexibility index (Phi) is 5.03. The number of nitrogens with zero attached hydrogens (tertiary/aromatic N) is 1. The van der Waals surface area contributed by atoms with Crippen LogP contribution in [0, 0.1) is 0 Å². The molecule has 3 unspecified atom stereocenters.